The number of nitrogens with two attached hydrogens (primary N) is 1. The summed E-state index contributed by atoms with van der Waals surface area (Å²) < 4.78 is 0. The Morgan fingerprint density at radius 3 is 2.47 bits per heavy atom. The Morgan fingerprint density at radius 2 is 2.05 bits per heavy atom. The normalized spacial score (nSPS) is 15.9. The topological polar surface area (TPSA) is 159 Å². The molecule has 1 heterocycles. The van der Waals surface area contributed by atoms with E-state index >= 15 is 0 Å². The second-order valence-corrected chi connectivity index (χ2v) is 3.77. The molecular formula is C9H12N4O6. The van der Waals surface area contributed by atoms with Gasteiger partial charge in [0.25, 0.3) is 5.91 Å². The molecule has 10 heteroatoms. The number of hydrogen-bond donors (Lipinski definition) is 4. The van der Waals surface area contributed by atoms with E-state index in [1.807, 2.05) is 5.32 Å². The number of carbonyl (C=O) groups excluding carboxylic acids is 4. The van der Waals surface area contributed by atoms with E-state index in [1.165, 1.54) is 0 Å². The molecule has 19 heavy (non-hydrogen) atoms. The molecule has 0 bridgehead atoms. The van der Waals surface area contributed by atoms with Crippen LogP contribution in [0, 0.1) is 0 Å². The van der Waals surface area contributed by atoms with E-state index in [9.17, 15) is 24.0 Å². The highest BCUT2D eigenvalue weighted by molar-refractivity contribution is 6.04. The third-order valence-electron chi connectivity index (χ3n) is 2.28. The number of amides is 5. The molecule has 10 nitrogen and oxygen atoms in total. The molecule has 0 spiro atoms. The lowest BCUT2D eigenvalue weighted by atomic mass is 10.2. The van der Waals surface area contributed by atoms with Gasteiger partial charge < -0.3 is 21.5 Å². The summed E-state index contributed by atoms with van der Waals surface area (Å²) in [5.74, 6) is -3.81. The molecule has 1 unspecified atom stereocenters. The highest BCUT2D eigenvalue weighted by Crippen LogP contribution is 1.99. The summed E-state index contributed by atoms with van der Waals surface area (Å²) in [5.41, 5.74) is 4.83. The van der Waals surface area contributed by atoms with Crippen LogP contribution in [0.3, 0.4) is 0 Å². The number of hydrogen-bond acceptors (Lipinski definition) is 5. The summed E-state index contributed by atoms with van der Waals surface area (Å²) in [6.45, 7) is -0.830. The molecule has 1 fully saturated rings. The molecule has 1 rings (SSSR count). The molecule has 5 amide bonds. The molecule has 1 saturated heterocycles. The minimum atomic E-state index is -1.49. The van der Waals surface area contributed by atoms with Crippen LogP contribution in [0.4, 0.5) is 4.79 Å². The van der Waals surface area contributed by atoms with Crippen molar-refractivity contribution in [3.05, 3.63) is 0 Å². The predicted molar refractivity (Wildman–Crippen MR) is 58.5 cm³/mol. The molecule has 0 saturated carbocycles. The number of rotatable bonds is 6. The Morgan fingerprint density at radius 1 is 1.42 bits per heavy atom. The zero-order valence-corrected chi connectivity index (χ0v) is 9.71. The van der Waals surface area contributed by atoms with Crippen molar-refractivity contribution in [3.63, 3.8) is 0 Å². The third-order valence-corrected chi connectivity index (χ3v) is 2.28. The van der Waals surface area contributed by atoms with Crippen LogP contribution in [-0.4, -0.2) is 58.9 Å². The Balaban J connectivity index is 2.57. The molecule has 1 atom stereocenters. The molecule has 0 aromatic carbocycles. The van der Waals surface area contributed by atoms with Crippen molar-refractivity contribution in [2.75, 3.05) is 13.1 Å². The zero-order valence-electron chi connectivity index (χ0n) is 9.71. The first-order valence-electron chi connectivity index (χ1n) is 5.20. The first kappa shape index (κ1) is 14.4. The molecule has 1 aliphatic heterocycles. The molecule has 0 aromatic heterocycles. The van der Waals surface area contributed by atoms with E-state index in [1.54, 1.807) is 0 Å². The number of nitrogens with zero attached hydrogens (tertiary/aromatic N) is 1. The van der Waals surface area contributed by atoms with Crippen molar-refractivity contribution < 1.29 is 29.1 Å². The van der Waals surface area contributed by atoms with E-state index in [0.717, 1.165) is 0 Å². The van der Waals surface area contributed by atoms with Crippen LogP contribution < -0.4 is 16.4 Å². The summed E-state index contributed by atoms with van der Waals surface area (Å²) in [7, 11) is 0. The fraction of sp³-hybridized carbons (Fsp3) is 0.444. The van der Waals surface area contributed by atoms with Crippen LogP contribution in [0.15, 0.2) is 0 Å². The molecular weight excluding hydrogens is 260 g/mol. The highest BCUT2D eigenvalue weighted by Gasteiger charge is 2.31. The molecule has 0 aromatic rings. The fourth-order valence-electron chi connectivity index (χ4n) is 1.40. The van der Waals surface area contributed by atoms with Crippen molar-refractivity contribution in [1.29, 1.82) is 0 Å². The second-order valence-electron chi connectivity index (χ2n) is 3.77. The average molecular weight is 272 g/mol. The van der Waals surface area contributed by atoms with E-state index < -0.39 is 48.7 Å². The van der Waals surface area contributed by atoms with Crippen molar-refractivity contribution >= 4 is 29.7 Å². The standard InChI is InChI=1S/C9H12N4O6/c10-5(14)1-4(8(17)18)12-6(15)3-13-7(16)2-11-9(13)19/h4H,1-3H2,(H2,10,14)(H,11,19)(H,12,15)(H,17,18). The lowest BCUT2D eigenvalue weighted by molar-refractivity contribution is -0.143. The number of carboxylic acids is 1. The van der Waals surface area contributed by atoms with Crippen LogP contribution in [0.1, 0.15) is 6.42 Å². The Hall–Kier alpha value is -2.65. The Labute approximate surface area is 106 Å². The molecule has 1 aliphatic rings. The lowest BCUT2D eigenvalue weighted by Crippen LogP contribution is -2.48. The number of carbonyl (C=O) groups is 5. The minimum Gasteiger partial charge on any atom is -0.480 e. The Bertz CT molecular complexity index is 432. The van der Waals surface area contributed by atoms with E-state index in [0.29, 0.717) is 4.90 Å². The van der Waals surface area contributed by atoms with Crippen LogP contribution >= 0.6 is 0 Å². The number of imide groups is 1. The van der Waals surface area contributed by atoms with E-state index in [2.05, 4.69) is 5.32 Å². The van der Waals surface area contributed by atoms with Gasteiger partial charge in [-0.2, -0.15) is 0 Å². The smallest absolute Gasteiger partial charge is 0.326 e. The minimum absolute atomic E-state index is 0.213. The van der Waals surface area contributed by atoms with Gasteiger partial charge in [0.15, 0.2) is 0 Å². The number of carboxylic acid groups (broad SMARTS) is 1. The zero-order chi connectivity index (χ0) is 14.6. The maximum absolute atomic E-state index is 11.5. The third kappa shape index (κ3) is 3.94. The SMILES string of the molecule is NC(=O)CC(NC(=O)CN1C(=O)CNC1=O)C(=O)O. The van der Waals surface area contributed by atoms with Gasteiger partial charge in [0.05, 0.1) is 13.0 Å². The predicted octanol–water partition coefficient (Wildman–Crippen LogP) is -3.02. The van der Waals surface area contributed by atoms with Gasteiger partial charge in [-0.15, -0.1) is 0 Å². The summed E-state index contributed by atoms with van der Waals surface area (Å²) in [6.07, 6.45) is -0.582. The van der Waals surface area contributed by atoms with Gasteiger partial charge in [0.2, 0.25) is 11.8 Å². The summed E-state index contributed by atoms with van der Waals surface area (Å²) in [5, 5.41) is 13.0. The quantitative estimate of drug-likeness (QED) is 0.377. The molecule has 0 radical (unpaired) electrons. The summed E-state index contributed by atoms with van der Waals surface area (Å²) in [6, 6.07) is -2.23. The van der Waals surface area contributed by atoms with Crippen LogP contribution in [0.2, 0.25) is 0 Å². The van der Waals surface area contributed by atoms with Crippen LogP contribution in [0.25, 0.3) is 0 Å². The van der Waals surface area contributed by atoms with E-state index in [-0.39, 0.29) is 6.54 Å². The second kappa shape index (κ2) is 5.80. The van der Waals surface area contributed by atoms with Gasteiger partial charge >= 0.3 is 12.0 Å². The number of primary amides is 1. The first-order valence-corrected chi connectivity index (χ1v) is 5.20. The van der Waals surface area contributed by atoms with Gasteiger partial charge in [0.1, 0.15) is 12.6 Å². The molecule has 104 valence electrons. The van der Waals surface area contributed by atoms with Crippen molar-refractivity contribution in [2.24, 2.45) is 5.73 Å². The molecule has 0 aliphatic carbocycles. The average Bonchev–Trinajstić information content (AvgIpc) is 2.59. The monoisotopic (exact) mass is 272 g/mol. The maximum atomic E-state index is 11.5. The molecule has 5 N–H and O–H groups in total. The van der Waals surface area contributed by atoms with Gasteiger partial charge in [-0.3, -0.25) is 19.3 Å². The maximum Gasteiger partial charge on any atom is 0.326 e. The lowest BCUT2D eigenvalue weighted by Gasteiger charge is -2.15. The first-order chi connectivity index (χ1) is 8.81. The highest BCUT2D eigenvalue weighted by atomic mass is 16.4. The number of nitrogens with one attached hydrogen (secondary N) is 2. The number of aliphatic carboxylic acids is 1. The van der Waals surface area contributed by atoms with Gasteiger partial charge in [-0.25, -0.2) is 9.59 Å². The van der Waals surface area contributed by atoms with Crippen molar-refractivity contribution in [3.8, 4) is 0 Å². The van der Waals surface area contributed by atoms with Crippen molar-refractivity contribution in [1.82, 2.24) is 15.5 Å². The van der Waals surface area contributed by atoms with Crippen molar-refractivity contribution in [2.45, 2.75) is 12.5 Å². The summed E-state index contributed by atoms with van der Waals surface area (Å²) in [4.78, 5) is 55.8. The van der Waals surface area contributed by atoms with Crippen LogP contribution in [-0.2, 0) is 19.2 Å². The fourth-order valence-corrected chi connectivity index (χ4v) is 1.40. The number of urea groups is 1. The van der Waals surface area contributed by atoms with Gasteiger partial charge in [0, 0.05) is 0 Å². The van der Waals surface area contributed by atoms with E-state index in [4.69, 9.17) is 10.8 Å². The van der Waals surface area contributed by atoms with Gasteiger partial charge in [-0.05, 0) is 0 Å². The van der Waals surface area contributed by atoms with Crippen LogP contribution in [0.5, 0.6) is 0 Å². The summed E-state index contributed by atoms with van der Waals surface area (Å²) >= 11 is 0. The Kier molecular flexibility index (Phi) is 4.40. The largest absolute Gasteiger partial charge is 0.480 e. The van der Waals surface area contributed by atoms with Gasteiger partial charge in [-0.1, -0.05) is 0 Å².